The van der Waals surface area contributed by atoms with Crippen LogP contribution in [-0.2, 0) is 6.54 Å². The van der Waals surface area contributed by atoms with Gasteiger partial charge in [-0.2, -0.15) is 4.57 Å². The molecule has 0 spiro atoms. The number of benzene rings is 7. The topological polar surface area (TPSA) is 73.3 Å². The van der Waals surface area contributed by atoms with Crippen molar-refractivity contribution in [3.63, 3.8) is 0 Å². The molecule has 0 aliphatic carbocycles. The molecule has 0 radical (unpaired) electrons. The van der Waals surface area contributed by atoms with Gasteiger partial charge >= 0.3 is 5.97 Å². The number of hydrogen-bond donors (Lipinski definition) is 0. The van der Waals surface area contributed by atoms with Crippen LogP contribution in [0, 0.1) is 126 Å². The first-order chi connectivity index (χ1) is 34.8. The monoisotopic (exact) mass is 1060 g/mol. The van der Waals surface area contributed by atoms with Gasteiger partial charge < -0.3 is 4.74 Å². The summed E-state index contributed by atoms with van der Waals surface area (Å²) in [5.41, 5.74) is -12.2. The Morgan fingerprint density at radius 3 is 1.16 bits per heavy atom. The molecule has 0 saturated carbocycles. The first-order valence-corrected chi connectivity index (χ1v) is 20.0. The quantitative estimate of drug-likeness (QED) is 0.0166. The Kier molecular flexibility index (Phi) is 14.5. The molecule has 7 aromatic carbocycles. The van der Waals surface area contributed by atoms with Crippen molar-refractivity contribution in [2.75, 3.05) is 0 Å². The van der Waals surface area contributed by atoms with Crippen molar-refractivity contribution in [2.24, 2.45) is 0 Å². The van der Waals surface area contributed by atoms with E-state index in [9.17, 15) is 67.6 Å². The molecule has 0 atom stereocenters. The molecule has 27 heteroatoms. The largest absolute Gasteiger partial charge is 0.418 e. The van der Waals surface area contributed by atoms with E-state index in [0.29, 0.717) is 12.2 Å². The summed E-state index contributed by atoms with van der Waals surface area (Å²) in [6, 6.07) is 26.8. The van der Waals surface area contributed by atoms with Crippen molar-refractivity contribution in [1.29, 1.82) is 0 Å². The Bertz CT molecular complexity index is 3260. The lowest BCUT2D eigenvalue weighted by Crippen LogP contribution is -2.81. The molecule has 0 bridgehead atoms. The predicted molar refractivity (Wildman–Crippen MR) is 217 cm³/mol. The number of nitrogens with zero attached hydrogens (tertiary/aromatic N) is 2. The fourth-order valence-electron chi connectivity index (χ4n) is 8.07. The van der Waals surface area contributed by atoms with E-state index in [2.05, 4.69) is 0 Å². The van der Waals surface area contributed by atoms with Crippen molar-refractivity contribution < 1.29 is 107 Å². The zero-order valence-corrected chi connectivity index (χ0v) is 35.5. The molecule has 74 heavy (non-hydrogen) atoms. The van der Waals surface area contributed by atoms with Crippen LogP contribution in [0.25, 0.3) is 10.9 Å². The van der Waals surface area contributed by atoms with E-state index in [1.54, 1.807) is 6.07 Å². The molecule has 0 aliphatic heterocycles. The second kappa shape index (κ2) is 20.2. The third kappa shape index (κ3) is 8.63. The number of esters is 1. The SMILES string of the molecule is Fc1c(F)c(F)c([B-](c2c(F)c(F)c(F)c(F)c2F)(c2c(F)c(F)c(F)c(F)c2F)c2c(F)c(F)c(F)c(F)c2F)c(F)c1F.O=C(Oc1cccc([N+](=O)[O-])c1)c1ccc2ccccc2[n+]1Cc1ccccc1. The summed E-state index contributed by atoms with van der Waals surface area (Å²) in [4.78, 5) is 23.4. The maximum absolute atomic E-state index is 15.4. The average Bonchev–Trinajstić information content (AvgIpc) is 3.39. The number of carbonyl (C=O) groups is 1. The van der Waals surface area contributed by atoms with Crippen LogP contribution in [0.1, 0.15) is 16.1 Å². The van der Waals surface area contributed by atoms with E-state index >= 15 is 35.1 Å². The van der Waals surface area contributed by atoms with E-state index < -0.39 is 155 Å². The van der Waals surface area contributed by atoms with Crippen molar-refractivity contribution >= 4 is 50.6 Å². The van der Waals surface area contributed by atoms with Gasteiger partial charge in [-0.15, -0.1) is 21.9 Å². The number of ether oxygens (including phenoxy) is 1. The minimum absolute atomic E-state index is 0.128. The van der Waals surface area contributed by atoms with Gasteiger partial charge in [-0.05, 0) is 18.2 Å². The van der Waals surface area contributed by atoms with Gasteiger partial charge in [0.15, 0.2) is 76.4 Å². The van der Waals surface area contributed by atoms with Gasteiger partial charge in [-0.1, -0.05) is 48.5 Å². The molecule has 0 unspecified atom stereocenters. The van der Waals surface area contributed by atoms with Crippen molar-refractivity contribution in [3.8, 4) is 5.75 Å². The van der Waals surface area contributed by atoms with Gasteiger partial charge in [0.1, 0.15) is 58.4 Å². The van der Waals surface area contributed by atoms with Gasteiger partial charge in [0.05, 0.1) is 11.0 Å². The maximum Gasteiger partial charge on any atom is 0.409 e. The number of para-hydroxylation sites is 1. The van der Waals surface area contributed by atoms with Gasteiger partial charge in [0, 0.05) is 29.1 Å². The second-order valence-electron chi connectivity index (χ2n) is 15.3. The standard InChI is InChI=1S/C24BF20.C23H17N2O4/c26-5-1(6(27)14(35)21(42)13(5)34)25(2-7(28)15(36)22(43)16(37)8(2)29,3-9(30)17(38)23(44)18(39)10(3)31)4-11(32)19(40)24(45)20(41)12(4)33;26-23(29-20-11-6-10-19(15-20)25(27)28)22-14-13-18-9-4-5-12-21(18)24(22)16-17-7-2-1-3-8-17/h;1-15H,16H2/q-1;+1. The van der Waals surface area contributed by atoms with Crippen LogP contribution in [0.3, 0.4) is 0 Å². The summed E-state index contributed by atoms with van der Waals surface area (Å²) in [6.45, 7) is 0.488. The summed E-state index contributed by atoms with van der Waals surface area (Å²) >= 11 is 0. The van der Waals surface area contributed by atoms with Gasteiger partial charge in [0.25, 0.3) is 11.4 Å². The number of nitro benzene ring substituents is 1. The van der Waals surface area contributed by atoms with Crippen LogP contribution >= 0.6 is 0 Å². The fraction of sp³-hybridized carbons (Fsp3) is 0.0213. The molecule has 0 N–H and O–H groups in total. The molecule has 8 rings (SSSR count). The number of pyridine rings is 1. The van der Waals surface area contributed by atoms with E-state index in [0.717, 1.165) is 16.5 Å². The van der Waals surface area contributed by atoms with Crippen LogP contribution in [0.15, 0.2) is 91.0 Å². The normalized spacial score (nSPS) is 11.5. The number of nitro groups is 1. The van der Waals surface area contributed by atoms with Crippen LogP contribution in [0.2, 0.25) is 0 Å². The Balaban J connectivity index is 0.000000237. The summed E-state index contributed by atoms with van der Waals surface area (Å²) in [6.07, 6.45) is -7.22. The highest BCUT2D eigenvalue weighted by Gasteiger charge is 2.52. The number of rotatable bonds is 9. The minimum Gasteiger partial charge on any atom is -0.418 e. The maximum atomic E-state index is 15.4. The third-order valence-corrected chi connectivity index (χ3v) is 11.3. The summed E-state index contributed by atoms with van der Waals surface area (Å²) in [7, 11) is 0. The van der Waals surface area contributed by atoms with Gasteiger partial charge in [-0.25, -0.2) is 92.6 Å². The molecule has 8 aromatic rings. The van der Waals surface area contributed by atoms with E-state index in [1.165, 1.54) is 24.3 Å². The first-order valence-electron chi connectivity index (χ1n) is 20.0. The predicted octanol–water partition coefficient (Wildman–Crippen LogP) is 10.1. The molecule has 1 heterocycles. The molecule has 0 saturated heterocycles. The van der Waals surface area contributed by atoms with Crippen molar-refractivity contribution in [1.82, 2.24) is 0 Å². The van der Waals surface area contributed by atoms with Crippen LogP contribution in [0.5, 0.6) is 5.75 Å². The van der Waals surface area contributed by atoms with Gasteiger partial charge in [0.2, 0.25) is 5.52 Å². The van der Waals surface area contributed by atoms with Crippen LogP contribution in [-0.4, -0.2) is 17.0 Å². The van der Waals surface area contributed by atoms with Crippen LogP contribution < -0.4 is 31.2 Å². The highest BCUT2D eigenvalue weighted by molar-refractivity contribution is 7.20. The summed E-state index contributed by atoms with van der Waals surface area (Å²) in [5, 5.41) is 12.0. The number of carbonyl (C=O) groups excluding carboxylic acids is 1. The first kappa shape index (κ1) is 53.3. The molecular weight excluding hydrogens is 1050 g/mol. The highest BCUT2D eigenvalue weighted by atomic mass is 19.2. The van der Waals surface area contributed by atoms with E-state index in [-0.39, 0.29) is 11.4 Å². The molecule has 0 amide bonds. The molecule has 6 nitrogen and oxygen atoms in total. The molecular formula is C47H17BF20N2O4. The molecule has 0 aliphatic rings. The molecule has 382 valence electrons. The second-order valence-corrected chi connectivity index (χ2v) is 15.3. The summed E-state index contributed by atoms with van der Waals surface area (Å²) < 4.78 is 301. The van der Waals surface area contributed by atoms with Crippen molar-refractivity contribution in [2.45, 2.75) is 6.54 Å². The smallest absolute Gasteiger partial charge is 0.409 e. The van der Waals surface area contributed by atoms with Crippen molar-refractivity contribution in [3.05, 3.63) is 229 Å². The number of non-ortho nitro benzene ring substituents is 1. The number of aromatic nitrogens is 1. The Labute approximate surface area is 398 Å². The van der Waals surface area contributed by atoms with Crippen LogP contribution in [0.4, 0.5) is 93.5 Å². The fourth-order valence-corrected chi connectivity index (χ4v) is 8.07. The Morgan fingerprint density at radius 1 is 0.432 bits per heavy atom. The Hall–Kier alpha value is -8.52. The lowest BCUT2D eigenvalue weighted by atomic mass is 9.12. The van der Waals surface area contributed by atoms with Gasteiger partial charge in [-0.3, -0.25) is 10.1 Å². The highest BCUT2D eigenvalue weighted by Crippen LogP contribution is 2.31. The zero-order valence-electron chi connectivity index (χ0n) is 35.5. The zero-order chi connectivity index (χ0) is 54.6. The number of fused-ring (bicyclic) bond motifs is 1. The number of hydrogen-bond acceptors (Lipinski definition) is 4. The minimum atomic E-state index is -7.22. The molecule has 1 aromatic heterocycles. The van der Waals surface area contributed by atoms with E-state index in [4.69, 9.17) is 4.74 Å². The molecule has 0 fully saturated rings. The third-order valence-electron chi connectivity index (χ3n) is 11.3. The lowest BCUT2D eigenvalue weighted by molar-refractivity contribution is -0.664. The lowest BCUT2D eigenvalue weighted by Gasteiger charge is -2.44. The number of halogens is 20. The van der Waals surface area contributed by atoms with E-state index in [1.807, 2.05) is 65.2 Å². The Morgan fingerprint density at radius 2 is 0.784 bits per heavy atom. The summed E-state index contributed by atoms with van der Waals surface area (Å²) in [5.74, 6) is -71.9. The average molecular weight is 1060 g/mol.